The summed E-state index contributed by atoms with van der Waals surface area (Å²) in [4.78, 5) is 8.46. The van der Waals surface area contributed by atoms with Crippen molar-refractivity contribution < 1.29 is 0 Å². The Labute approximate surface area is 150 Å². The van der Waals surface area contributed by atoms with Gasteiger partial charge in [0, 0.05) is 23.5 Å². The van der Waals surface area contributed by atoms with Crippen LogP contribution in [0.2, 0.25) is 0 Å². The summed E-state index contributed by atoms with van der Waals surface area (Å²) in [6, 6.07) is 13.6. The minimum Gasteiger partial charge on any atom is -0.384 e. The van der Waals surface area contributed by atoms with Crippen LogP contribution < -0.4 is 11.5 Å². The lowest BCUT2D eigenvalue weighted by atomic mass is 10.1. The molecule has 0 aliphatic carbocycles. The third-order valence-corrected chi connectivity index (χ3v) is 4.20. The van der Waals surface area contributed by atoms with Crippen LogP contribution >= 0.6 is 0 Å². The number of benzene rings is 1. The lowest BCUT2D eigenvalue weighted by Gasteiger charge is -2.12. The van der Waals surface area contributed by atoms with Gasteiger partial charge in [-0.25, -0.2) is 9.97 Å². The second kappa shape index (κ2) is 6.29. The van der Waals surface area contributed by atoms with Crippen LogP contribution in [0.15, 0.2) is 61.2 Å². The van der Waals surface area contributed by atoms with Gasteiger partial charge in [0.25, 0.3) is 0 Å². The summed E-state index contributed by atoms with van der Waals surface area (Å²) < 4.78 is 1.91. The van der Waals surface area contributed by atoms with Gasteiger partial charge in [-0.2, -0.15) is 0 Å². The van der Waals surface area contributed by atoms with Crippen molar-refractivity contribution in [3.8, 4) is 28.2 Å². The topological polar surface area (TPSA) is 109 Å². The van der Waals surface area contributed by atoms with E-state index in [0.29, 0.717) is 23.0 Å². The van der Waals surface area contributed by atoms with Gasteiger partial charge in [0.15, 0.2) is 5.82 Å². The molecule has 0 radical (unpaired) electrons. The van der Waals surface area contributed by atoms with Crippen LogP contribution in [0.25, 0.3) is 28.2 Å². The Morgan fingerprint density at radius 2 is 1.73 bits per heavy atom. The first kappa shape index (κ1) is 15.8. The molecule has 128 valence electrons. The highest BCUT2D eigenvalue weighted by atomic mass is 15.3. The molecule has 1 aromatic carbocycles. The highest BCUT2D eigenvalue weighted by Gasteiger charge is 2.15. The molecule has 0 aliphatic rings. The molecule has 4 rings (SSSR count). The number of anilines is 2. The monoisotopic (exact) mass is 343 g/mol. The fourth-order valence-electron chi connectivity index (χ4n) is 2.82. The van der Waals surface area contributed by atoms with Crippen molar-refractivity contribution in [1.29, 1.82) is 0 Å². The van der Waals surface area contributed by atoms with Gasteiger partial charge in [0.1, 0.15) is 18.0 Å². The molecule has 3 aromatic heterocycles. The summed E-state index contributed by atoms with van der Waals surface area (Å²) >= 11 is 0. The summed E-state index contributed by atoms with van der Waals surface area (Å²) in [5.74, 6) is 1.49. The third kappa shape index (κ3) is 2.75. The van der Waals surface area contributed by atoms with Gasteiger partial charge in [0.2, 0.25) is 0 Å². The van der Waals surface area contributed by atoms with E-state index in [0.717, 1.165) is 22.4 Å². The zero-order chi connectivity index (χ0) is 18.1. The zero-order valence-electron chi connectivity index (χ0n) is 14.2. The van der Waals surface area contributed by atoms with Crippen LogP contribution in [0.4, 0.5) is 11.6 Å². The molecule has 4 N–H and O–H groups in total. The van der Waals surface area contributed by atoms with Crippen LogP contribution in [0.3, 0.4) is 0 Å². The molecule has 0 saturated carbocycles. The smallest absolute Gasteiger partial charge is 0.172 e. The molecule has 0 fully saturated rings. The number of pyridine rings is 2. The molecule has 0 unspecified atom stereocenters. The molecule has 4 aromatic rings. The molecule has 0 amide bonds. The Morgan fingerprint density at radius 1 is 0.923 bits per heavy atom. The first-order chi connectivity index (χ1) is 12.6. The fourth-order valence-corrected chi connectivity index (χ4v) is 2.82. The molecule has 0 atom stereocenters. The average molecular weight is 343 g/mol. The number of hydrogen-bond acceptors (Lipinski definition) is 6. The van der Waals surface area contributed by atoms with Crippen molar-refractivity contribution in [3.63, 3.8) is 0 Å². The molecule has 0 bridgehead atoms. The number of nitrogen functional groups attached to an aromatic ring is 2. The Bertz CT molecular complexity index is 1070. The number of aromatic nitrogens is 5. The normalized spacial score (nSPS) is 10.8. The summed E-state index contributed by atoms with van der Waals surface area (Å²) in [6.07, 6.45) is 5.09. The first-order valence-electron chi connectivity index (χ1n) is 8.07. The van der Waals surface area contributed by atoms with E-state index in [2.05, 4.69) is 20.2 Å². The minimum absolute atomic E-state index is 0.389. The Balaban J connectivity index is 1.85. The van der Waals surface area contributed by atoms with E-state index in [-0.39, 0.29) is 0 Å². The zero-order valence-corrected chi connectivity index (χ0v) is 14.2. The maximum absolute atomic E-state index is 6.14. The van der Waals surface area contributed by atoms with Crippen molar-refractivity contribution in [1.82, 2.24) is 24.7 Å². The second-order valence-corrected chi connectivity index (χ2v) is 5.94. The summed E-state index contributed by atoms with van der Waals surface area (Å²) in [7, 11) is 0. The van der Waals surface area contributed by atoms with Crippen molar-refractivity contribution >= 4 is 11.6 Å². The third-order valence-electron chi connectivity index (χ3n) is 4.20. The number of nitrogens with zero attached hydrogens (tertiary/aromatic N) is 5. The molecule has 7 heteroatoms. The summed E-state index contributed by atoms with van der Waals surface area (Å²) in [6.45, 7) is 2.04. The largest absolute Gasteiger partial charge is 0.384 e. The predicted molar refractivity (Wildman–Crippen MR) is 101 cm³/mol. The molecule has 0 aliphatic heterocycles. The number of hydrogen-bond donors (Lipinski definition) is 2. The van der Waals surface area contributed by atoms with Crippen molar-refractivity contribution in [3.05, 3.63) is 66.7 Å². The van der Waals surface area contributed by atoms with Gasteiger partial charge in [-0.05, 0) is 36.8 Å². The number of aryl methyl sites for hydroxylation is 1. The summed E-state index contributed by atoms with van der Waals surface area (Å²) in [5.41, 5.74) is 16.4. The lowest BCUT2D eigenvalue weighted by Crippen LogP contribution is -2.02. The van der Waals surface area contributed by atoms with E-state index in [9.17, 15) is 0 Å². The van der Waals surface area contributed by atoms with E-state index in [1.807, 2.05) is 47.9 Å². The number of nitrogens with two attached hydrogens (primary N) is 2. The van der Waals surface area contributed by atoms with Crippen LogP contribution in [0.5, 0.6) is 0 Å². The van der Waals surface area contributed by atoms with Gasteiger partial charge in [-0.1, -0.05) is 18.2 Å². The Hall–Kier alpha value is -3.74. The fraction of sp³-hybridized carbons (Fsp3) is 0.0526. The van der Waals surface area contributed by atoms with Gasteiger partial charge < -0.3 is 11.5 Å². The average Bonchev–Trinajstić information content (AvgIpc) is 3.12. The van der Waals surface area contributed by atoms with E-state index in [4.69, 9.17) is 11.5 Å². The predicted octanol–water partition coefficient (Wildman–Crippen LogP) is 2.86. The van der Waals surface area contributed by atoms with E-state index in [1.165, 1.54) is 0 Å². The molecular weight excluding hydrogens is 326 g/mol. The Kier molecular flexibility index (Phi) is 3.81. The highest BCUT2D eigenvalue weighted by molar-refractivity contribution is 5.76. The minimum atomic E-state index is 0.389. The summed E-state index contributed by atoms with van der Waals surface area (Å²) in [5, 5.41) is 8.34. The van der Waals surface area contributed by atoms with Crippen LogP contribution in [-0.2, 0) is 0 Å². The number of para-hydroxylation sites is 1. The van der Waals surface area contributed by atoms with Crippen LogP contribution in [0.1, 0.15) is 5.56 Å². The van der Waals surface area contributed by atoms with Crippen molar-refractivity contribution in [2.75, 3.05) is 11.5 Å². The van der Waals surface area contributed by atoms with Gasteiger partial charge in [-0.15, -0.1) is 10.2 Å². The molecular formula is C19H17N7. The van der Waals surface area contributed by atoms with Crippen LogP contribution in [-0.4, -0.2) is 24.7 Å². The van der Waals surface area contributed by atoms with E-state index in [1.54, 1.807) is 24.8 Å². The Morgan fingerprint density at radius 3 is 2.50 bits per heavy atom. The van der Waals surface area contributed by atoms with Crippen molar-refractivity contribution in [2.45, 2.75) is 6.92 Å². The molecule has 3 heterocycles. The van der Waals surface area contributed by atoms with Crippen molar-refractivity contribution in [2.24, 2.45) is 0 Å². The maximum atomic E-state index is 6.14. The quantitative estimate of drug-likeness (QED) is 0.592. The maximum Gasteiger partial charge on any atom is 0.172 e. The highest BCUT2D eigenvalue weighted by Crippen LogP contribution is 2.30. The van der Waals surface area contributed by atoms with E-state index >= 15 is 0 Å². The van der Waals surface area contributed by atoms with Gasteiger partial charge >= 0.3 is 0 Å². The molecule has 0 saturated heterocycles. The standard InChI is InChI=1S/C19H17N7/c1-12-4-2-3-5-16(12)26-11-24-25-19(26)15-8-14(10-23-18(15)21)13-6-7-17(20)22-9-13/h2-11H,1H3,(H2,20,22)(H2,21,23). The molecule has 26 heavy (non-hydrogen) atoms. The first-order valence-corrected chi connectivity index (χ1v) is 8.07. The molecule has 7 nitrogen and oxygen atoms in total. The van der Waals surface area contributed by atoms with E-state index < -0.39 is 0 Å². The van der Waals surface area contributed by atoms with Gasteiger partial charge in [-0.3, -0.25) is 4.57 Å². The SMILES string of the molecule is Cc1ccccc1-n1cnnc1-c1cc(-c2ccc(N)nc2)cnc1N. The van der Waals surface area contributed by atoms with Crippen LogP contribution in [0, 0.1) is 6.92 Å². The van der Waals surface area contributed by atoms with Gasteiger partial charge in [0.05, 0.1) is 11.3 Å². The lowest BCUT2D eigenvalue weighted by molar-refractivity contribution is 1.04. The second-order valence-electron chi connectivity index (χ2n) is 5.94. The number of rotatable bonds is 3. The molecule has 0 spiro atoms.